The molecule has 0 saturated carbocycles. The molecule has 3 nitrogen and oxygen atoms in total. The van der Waals surface area contributed by atoms with Crippen LogP contribution in [0, 0.1) is 0 Å². The van der Waals surface area contributed by atoms with Crippen molar-refractivity contribution in [2.45, 2.75) is 6.18 Å². The van der Waals surface area contributed by atoms with Crippen molar-refractivity contribution in [1.82, 2.24) is 0 Å². The monoisotopic (exact) mass is 219 g/mol. The third kappa shape index (κ3) is 4.60. The summed E-state index contributed by atoms with van der Waals surface area (Å²) >= 11 is 0. The summed E-state index contributed by atoms with van der Waals surface area (Å²) in [5.41, 5.74) is 0. The van der Waals surface area contributed by atoms with Gasteiger partial charge in [-0.05, 0) is 12.1 Å². The van der Waals surface area contributed by atoms with E-state index in [1.54, 1.807) is 0 Å². The lowest BCUT2D eigenvalue weighted by atomic mass is 10.3. The Kier molecular flexibility index (Phi) is 3.84. The molecule has 0 fully saturated rings. The van der Waals surface area contributed by atoms with Crippen LogP contribution < -0.4 is 9.39 Å². The molecule has 0 aromatic heterocycles. The van der Waals surface area contributed by atoms with Crippen LogP contribution in [0.2, 0.25) is 0 Å². The number of benzene rings is 1. The Balaban J connectivity index is 2.57. The van der Waals surface area contributed by atoms with Crippen molar-refractivity contribution in [2.75, 3.05) is 6.61 Å². The molecule has 1 rings (SSSR count). The van der Waals surface area contributed by atoms with Crippen LogP contribution in [0.15, 0.2) is 24.3 Å². The van der Waals surface area contributed by atoms with Crippen LogP contribution in [0.4, 0.5) is 13.2 Å². The summed E-state index contributed by atoms with van der Waals surface area (Å²) in [6.45, 7) is -1.36. The van der Waals surface area contributed by atoms with Gasteiger partial charge in [0.25, 0.3) is 0 Å². The predicted molar refractivity (Wildman–Crippen MR) is 46.6 cm³/mol. The third-order valence-electron chi connectivity index (χ3n) is 1.40. The second-order valence-electron chi connectivity index (χ2n) is 2.60. The van der Waals surface area contributed by atoms with Crippen LogP contribution >= 0.6 is 0 Å². The molecular weight excluding hydrogens is 212 g/mol. The lowest BCUT2D eigenvalue weighted by Gasteiger charge is -2.10. The number of ether oxygens (including phenoxy) is 1. The van der Waals surface area contributed by atoms with Crippen molar-refractivity contribution in [3.05, 3.63) is 24.3 Å². The highest BCUT2D eigenvalue weighted by atomic mass is 19.4. The van der Waals surface area contributed by atoms with E-state index in [1.807, 2.05) is 0 Å². The first kappa shape index (κ1) is 11.7. The van der Waals surface area contributed by atoms with E-state index in [4.69, 9.17) is 5.02 Å². The minimum Gasteiger partial charge on any atom is -0.537 e. The molecule has 7 heteroatoms. The van der Waals surface area contributed by atoms with Crippen LogP contribution in [0.1, 0.15) is 0 Å². The zero-order valence-electron chi connectivity index (χ0n) is 7.49. The van der Waals surface area contributed by atoms with E-state index in [-0.39, 0.29) is 11.5 Å². The molecule has 0 saturated heterocycles. The van der Waals surface area contributed by atoms with Crippen molar-refractivity contribution in [2.24, 2.45) is 0 Å². The Morgan fingerprint density at radius 3 is 2.53 bits per heavy atom. The number of halogens is 3. The molecule has 0 spiro atoms. The normalized spacial score (nSPS) is 10.9. The van der Waals surface area contributed by atoms with Gasteiger partial charge >= 0.3 is 13.9 Å². The highest BCUT2D eigenvalue weighted by Crippen LogP contribution is 2.22. The summed E-state index contributed by atoms with van der Waals surface area (Å²) in [5.74, 6) is 0.212. The van der Waals surface area contributed by atoms with E-state index in [0.717, 1.165) is 0 Å². The van der Waals surface area contributed by atoms with Gasteiger partial charge in [0, 0.05) is 6.07 Å². The van der Waals surface area contributed by atoms with Gasteiger partial charge in [0.1, 0.15) is 11.5 Å². The summed E-state index contributed by atoms with van der Waals surface area (Å²) in [6, 6.07) is 5.51. The molecule has 1 aromatic carbocycles. The summed E-state index contributed by atoms with van der Waals surface area (Å²) in [5, 5.41) is 8.30. The lowest BCUT2D eigenvalue weighted by molar-refractivity contribution is -0.153. The van der Waals surface area contributed by atoms with E-state index in [0.29, 0.717) is 7.69 Å². The molecule has 0 amide bonds. The maximum atomic E-state index is 11.8. The molecule has 1 N–H and O–H groups in total. The molecular formula is C8H7BF3O3. The molecule has 1 radical (unpaired) electrons. The average Bonchev–Trinajstić information content (AvgIpc) is 2.15. The zero-order valence-corrected chi connectivity index (χ0v) is 7.49. The molecule has 1 aromatic rings. The van der Waals surface area contributed by atoms with E-state index in [1.165, 1.54) is 24.3 Å². The number of hydrogen-bond acceptors (Lipinski definition) is 3. The summed E-state index contributed by atoms with van der Waals surface area (Å²) < 4.78 is 44.4. The van der Waals surface area contributed by atoms with Crippen LogP contribution in [0.3, 0.4) is 0 Å². The van der Waals surface area contributed by atoms with Crippen LogP contribution in [-0.2, 0) is 0 Å². The van der Waals surface area contributed by atoms with Crippen molar-refractivity contribution in [1.29, 1.82) is 0 Å². The van der Waals surface area contributed by atoms with Crippen LogP contribution in [0.5, 0.6) is 11.5 Å². The predicted octanol–water partition coefficient (Wildman–Crippen LogP) is 1.53. The second-order valence-corrected chi connectivity index (χ2v) is 2.60. The largest absolute Gasteiger partial charge is 0.569 e. The van der Waals surface area contributed by atoms with E-state index < -0.39 is 12.8 Å². The fourth-order valence-corrected chi connectivity index (χ4v) is 0.863. The maximum Gasteiger partial charge on any atom is 0.569 e. The van der Waals surface area contributed by atoms with Gasteiger partial charge in [-0.25, -0.2) is 0 Å². The van der Waals surface area contributed by atoms with Gasteiger partial charge in [0.15, 0.2) is 6.61 Å². The van der Waals surface area contributed by atoms with E-state index >= 15 is 0 Å². The highest BCUT2D eigenvalue weighted by Gasteiger charge is 2.28. The summed E-state index contributed by atoms with van der Waals surface area (Å²) in [4.78, 5) is 0. The standard InChI is InChI=1S/C8H7BF3O3/c10-8(11,12)5-14-6-2-1-3-7(4-6)15-9-13/h1-4,13H,5H2. The second kappa shape index (κ2) is 4.93. The summed E-state index contributed by atoms with van der Waals surface area (Å²) in [6.07, 6.45) is -4.38. The number of hydrogen-bond donors (Lipinski definition) is 1. The smallest absolute Gasteiger partial charge is 0.537 e. The first-order valence-electron chi connectivity index (χ1n) is 3.93. The van der Waals surface area contributed by atoms with Gasteiger partial charge in [0.2, 0.25) is 0 Å². The number of alkyl halides is 3. The first-order chi connectivity index (χ1) is 7.01. The molecule has 81 valence electrons. The Morgan fingerprint density at radius 2 is 1.93 bits per heavy atom. The SMILES string of the molecule is O[B]Oc1cccc(OCC(F)(F)F)c1. The molecule has 0 unspecified atom stereocenters. The molecule has 0 aliphatic carbocycles. The fraction of sp³-hybridized carbons (Fsp3) is 0.250. The van der Waals surface area contributed by atoms with Gasteiger partial charge in [-0.15, -0.1) is 0 Å². The van der Waals surface area contributed by atoms with Crippen LogP contribution in [-0.4, -0.2) is 25.5 Å². The van der Waals surface area contributed by atoms with Gasteiger partial charge in [-0.3, -0.25) is 0 Å². The van der Waals surface area contributed by atoms with Gasteiger partial charge in [-0.2, -0.15) is 13.2 Å². The molecule has 0 heterocycles. The van der Waals surface area contributed by atoms with Gasteiger partial charge < -0.3 is 14.4 Å². The van der Waals surface area contributed by atoms with E-state index in [2.05, 4.69) is 9.39 Å². The van der Waals surface area contributed by atoms with Gasteiger partial charge in [0.05, 0.1) is 0 Å². The lowest BCUT2D eigenvalue weighted by Crippen LogP contribution is -2.19. The van der Waals surface area contributed by atoms with Gasteiger partial charge in [-0.1, -0.05) is 6.07 Å². The van der Waals surface area contributed by atoms with Crippen molar-refractivity contribution in [3.63, 3.8) is 0 Å². The first-order valence-corrected chi connectivity index (χ1v) is 3.93. The van der Waals surface area contributed by atoms with E-state index in [9.17, 15) is 13.2 Å². The molecule has 0 bridgehead atoms. The Bertz CT molecular complexity index is 316. The Hall–Kier alpha value is -1.37. The Labute approximate surface area is 84.7 Å². The molecule has 0 aliphatic heterocycles. The molecule has 0 atom stereocenters. The highest BCUT2D eigenvalue weighted by molar-refractivity contribution is 6.17. The van der Waals surface area contributed by atoms with Crippen molar-refractivity contribution in [3.8, 4) is 11.5 Å². The summed E-state index contributed by atoms with van der Waals surface area (Å²) in [7, 11) is 0.433. The fourth-order valence-electron chi connectivity index (χ4n) is 0.863. The third-order valence-corrected chi connectivity index (χ3v) is 1.40. The number of rotatable bonds is 4. The quantitative estimate of drug-likeness (QED) is 0.780. The minimum atomic E-state index is -4.38. The minimum absolute atomic E-state index is 0.0201. The van der Waals surface area contributed by atoms with Crippen LogP contribution in [0.25, 0.3) is 0 Å². The van der Waals surface area contributed by atoms with Crippen molar-refractivity contribution >= 4 is 7.69 Å². The Morgan fingerprint density at radius 1 is 1.27 bits per heavy atom. The molecule has 15 heavy (non-hydrogen) atoms. The topological polar surface area (TPSA) is 38.7 Å². The maximum absolute atomic E-state index is 11.8. The zero-order chi connectivity index (χ0) is 11.3. The van der Waals surface area contributed by atoms with Crippen molar-refractivity contribution < 1.29 is 27.6 Å². The molecule has 0 aliphatic rings. The average molecular weight is 219 g/mol.